The highest BCUT2D eigenvalue weighted by Crippen LogP contribution is 2.27. The number of fused-ring (bicyclic) bond motifs is 1. The molecule has 1 fully saturated rings. The van der Waals surface area contributed by atoms with Crippen molar-refractivity contribution in [3.05, 3.63) is 35.1 Å². The molecule has 1 saturated heterocycles. The summed E-state index contributed by atoms with van der Waals surface area (Å²) in [7, 11) is 0. The number of carbonyl (C=O) groups is 4. The number of nitrogens with one attached hydrogen (secondary N) is 2. The Hall–Kier alpha value is -3.17. The number of halogens is 1. The molecule has 1 aromatic rings. The minimum Gasteiger partial charge on any atom is -0.337 e. The van der Waals surface area contributed by atoms with Crippen LogP contribution in [0.3, 0.4) is 0 Å². The molecule has 0 spiro atoms. The Morgan fingerprint density at radius 1 is 1.06 bits per heavy atom. The van der Waals surface area contributed by atoms with Crippen molar-refractivity contribution in [1.82, 2.24) is 25.3 Å². The van der Waals surface area contributed by atoms with Gasteiger partial charge in [0.2, 0.25) is 5.91 Å². The Balaban J connectivity index is 1.69. The van der Waals surface area contributed by atoms with Crippen molar-refractivity contribution < 1.29 is 23.6 Å². The molecule has 0 aromatic heterocycles. The third-order valence-corrected chi connectivity index (χ3v) is 6.21. The van der Waals surface area contributed by atoms with E-state index in [1.54, 1.807) is 12.1 Å². The molecule has 2 atom stereocenters. The molecule has 0 bridgehead atoms. The molecule has 2 heterocycles. The van der Waals surface area contributed by atoms with Crippen LogP contribution in [0.15, 0.2) is 18.2 Å². The summed E-state index contributed by atoms with van der Waals surface area (Å²) < 4.78 is 14.1. The zero-order valence-electron chi connectivity index (χ0n) is 21.4. The maximum atomic E-state index is 14.1. The molecule has 3 rings (SSSR count). The quantitative estimate of drug-likeness (QED) is 0.637. The van der Waals surface area contributed by atoms with E-state index in [0.29, 0.717) is 11.8 Å². The van der Waals surface area contributed by atoms with E-state index in [1.165, 1.54) is 20.8 Å². The van der Waals surface area contributed by atoms with Crippen LogP contribution >= 0.6 is 0 Å². The van der Waals surface area contributed by atoms with Gasteiger partial charge in [0, 0.05) is 37.3 Å². The standard InChI is InChI=1S/C25H36FN5O4/c1-24(2,3)20(27-22(34)28-25(4,5)6)21(33)29-10-11-31(17(13-29)15-32)23(35)30-12-16-8-7-9-19(26)18(16)14-30/h7-9,15,17,20H,10-14H2,1-6H3,(H2,27,28,34)/t17-,20-/m1/s1. The molecule has 192 valence electrons. The fraction of sp³-hybridized carbons (Fsp3) is 0.600. The lowest BCUT2D eigenvalue weighted by molar-refractivity contribution is -0.139. The highest BCUT2D eigenvalue weighted by Gasteiger charge is 2.41. The van der Waals surface area contributed by atoms with Crippen LogP contribution < -0.4 is 10.6 Å². The van der Waals surface area contributed by atoms with Crippen LogP contribution in [0.4, 0.5) is 14.0 Å². The van der Waals surface area contributed by atoms with E-state index in [4.69, 9.17) is 0 Å². The SMILES string of the molecule is CC(C)(C)NC(=O)N[C@H](C(=O)N1CCN(C(=O)N2Cc3cccc(F)c3C2)[C@@H](C=O)C1)C(C)(C)C. The van der Waals surface area contributed by atoms with Crippen molar-refractivity contribution in [1.29, 1.82) is 0 Å². The van der Waals surface area contributed by atoms with Crippen molar-refractivity contribution in [2.75, 3.05) is 19.6 Å². The van der Waals surface area contributed by atoms with Crippen molar-refractivity contribution in [2.45, 2.75) is 72.3 Å². The molecular formula is C25H36FN5O4. The second-order valence-electron chi connectivity index (χ2n) is 11.3. The van der Waals surface area contributed by atoms with Gasteiger partial charge in [0.05, 0.1) is 6.54 Å². The topological polar surface area (TPSA) is 102 Å². The molecule has 9 nitrogen and oxygen atoms in total. The van der Waals surface area contributed by atoms with E-state index in [0.717, 1.165) is 5.56 Å². The Morgan fingerprint density at radius 2 is 1.74 bits per heavy atom. The third kappa shape index (κ3) is 6.10. The number of hydrogen-bond donors (Lipinski definition) is 2. The molecule has 35 heavy (non-hydrogen) atoms. The third-order valence-electron chi connectivity index (χ3n) is 6.21. The first-order valence-electron chi connectivity index (χ1n) is 11.9. The van der Waals surface area contributed by atoms with Crippen LogP contribution in [-0.4, -0.2) is 76.2 Å². The van der Waals surface area contributed by atoms with E-state index in [9.17, 15) is 23.6 Å². The van der Waals surface area contributed by atoms with Gasteiger partial charge in [0.1, 0.15) is 24.2 Å². The van der Waals surface area contributed by atoms with Crippen LogP contribution in [0.5, 0.6) is 0 Å². The second-order valence-corrected chi connectivity index (χ2v) is 11.3. The number of amides is 5. The average Bonchev–Trinajstić information content (AvgIpc) is 3.20. The van der Waals surface area contributed by atoms with Gasteiger partial charge < -0.3 is 30.1 Å². The number of carbonyl (C=O) groups excluding carboxylic acids is 4. The first-order chi connectivity index (χ1) is 16.2. The van der Waals surface area contributed by atoms with Crippen LogP contribution in [0.2, 0.25) is 0 Å². The second kappa shape index (κ2) is 9.83. The van der Waals surface area contributed by atoms with Crippen LogP contribution in [0.25, 0.3) is 0 Å². The summed E-state index contributed by atoms with van der Waals surface area (Å²) in [6, 6.07) is 2.30. The Morgan fingerprint density at radius 3 is 2.31 bits per heavy atom. The van der Waals surface area contributed by atoms with Crippen molar-refractivity contribution in [3.63, 3.8) is 0 Å². The van der Waals surface area contributed by atoms with Gasteiger partial charge in [-0.2, -0.15) is 0 Å². The van der Waals surface area contributed by atoms with Crippen molar-refractivity contribution in [3.8, 4) is 0 Å². The predicted molar refractivity (Wildman–Crippen MR) is 129 cm³/mol. The van der Waals surface area contributed by atoms with E-state index in [-0.39, 0.29) is 50.5 Å². The maximum Gasteiger partial charge on any atom is 0.321 e. The molecule has 0 unspecified atom stereocenters. The highest BCUT2D eigenvalue weighted by molar-refractivity contribution is 5.89. The molecule has 0 radical (unpaired) electrons. The Labute approximate surface area is 206 Å². The van der Waals surface area contributed by atoms with Gasteiger partial charge >= 0.3 is 12.1 Å². The van der Waals surface area contributed by atoms with Crippen molar-refractivity contribution >= 4 is 24.3 Å². The summed E-state index contributed by atoms with van der Waals surface area (Å²) in [6.07, 6.45) is 0.660. The number of piperazine rings is 1. The number of hydrogen-bond acceptors (Lipinski definition) is 4. The first kappa shape index (κ1) is 26.4. The highest BCUT2D eigenvalue weighted by atomic mass is 19.1. The molecular weight excluding hydrogens is 453 g/mol. The van der Waals surface area contributed by atoms with Gasteiger partial charge in [-0.15, -0.1) is 0 Å². The van der Waals surface area contributed by atoms with E-state index < -0.39 is 29.1 Å². The van der Waals surface area contributed by atoms with Gasteiger partial charge in [-0.05, 0) is 37.8 Å². The maximum absolute atomic E-state index is 14.1. The monoisotopic (exact) mass is 489 g/mol. The normalized spacial score (nSPS) is 19.2. The van der Waals surface area contributed by atoms with Crippen LogP contribution in [0, 0.1) is 11.2 Å². The summed E-state index contributed by atoms with van der Waals surface area (Å²) in [5.41, 5.74) is 0.191. The van der Waals surface area contributed by atoms with E-state index in [1.807, 2.05) is 41.5 Å². The summed E-state index contributed by atoms with van der Waals surface area (Å²) in [4.78, 5) is 55.5. The molecule has 2 aliphatic rings. The largest absolute Gasteiger partial charge is 0.337 e. The minimum atomic E-state index is -0.835. The summed E-state index contributed by atoms with van der Waals surface area (Å²) >= 11 is 0. The summed E-state index contributed by atoms with van der Waals surface area (Å²) in [5, 5.41) is 5.59. The fourth-order valence-electron chi connectivity index (χ4n) is 4.40. The molecule has 2 N–H and O–H groups in total. The van der Waals surface area contributed by atoms with Gasteiger partial charge in [-0.1, -0.05) is 32.9 Å². The number of benzene rings is 1. The molecule has 2 aliphatic heterocycles. The minimum absolute atomic E-state index is 0.0262. The zero-order valence-corrected chi connectivity index (χ0v) is 21.4. The summed E-state index contributed by atoms with van der Waals surface area (Å²) in [5.74, 6) is -0.660. The fourth-order valence-corrected chi connectivity index (χ4v) is 4.40. The van der Waals surface area contributed by atoms with Crippen molar-refractivity contribution in [2.24, 2.45) is 5.41 Å². The van der Waals surface area contributed by atoms with Gasteiger partial charge in [-0.25, -0.2) is 14.0 Å². The molecule has 0 saturated carbocycles. The lowest BCUT2D eigenvalue weighted by Gasteiger charge is -2.43. The lowest BCUT2D eigenvalue weighted by atomic mass is 9.85. The lowest BCUT2D eigenvalue weighted by Crippen LogP contribution is -2.64. The van der Waals surface area contributed by atoms with E-state index >= 15 is 0 Å². The molecule has 10 heteroatoms. The number of aldehydes is 1. The Bertz CT molecular complexity index is 1000. The summed E-state index contributed by atoms with van der Waals surface area (Å²) in [6.45, 7) is 11.9. The first-order valence-corrected chi connectivity index (χ1v) is 11.9. The van der Waals surface area contributed by atoms with E-state index in [2.05, 4.69) is 10.6 Å². The predicted octanol–water partition coefficient (Wildman–Crippen LogP) is 2.49. The zero-order chi connectivity index (χ0) is 26.1. The van der Waals surface area contributed by atoms with Crippen LogP contribution in [0.1, 0.15) is 52.7 Å². The number of urea groups is 2. The molecule has 1 aromatic carbocycles. The molecule has 5 amide bonds. The smallest absolute Gasteiger partial charge is 0.321 e. The van der Waals surface area contributed by atoms with Gasteiger partial charge in [0.25, 0.3) is 0 Å². The van der Waals surface area contributed by atoms with Crippen LogP contribution in [-0.2, 0) is 22.7 Å². The van der Waals surface area contributed by atoms with Gasteiger partial charge in [-0.3, -0.25) is 4.79 Å². The average molecular weight is 490 g/mol. The van der Waals surface area contributed by atoms with Gasteiger partial charge in [0.15, 0.2) is 0 Å². The number of rotatable bonds is 3. The molecule has 0 aliphatic carbocycles. The Kier molecular flexibility index (Phi) is 7.42. The number of nitrogens with zero attached hydrogens (tertiary/aromatic N) is 3.